The molecule has 1 aromatic rings. The number of alkyl halides is 1. The molecule has 0 aliphatic carbocycles. The normalized spacial score (nSPS) is 9.73. The van der Waals surface area contributed by atoms with Crippen LogP contribution in [0.25, 0.3) is 0 Å². The van der Waals surface area contributed by atoms with E-state index in [0.717, 1.165) is 4.88 Å². The molecular weight excluding hydrogens is 259 g/mol. The standard InChI is InChI=1S/C8H8Cl2N2O2S/c9-3-7(13)12-8(14)11-4-5-1-2-6(10)15-5/h1-2H,3-4H2,(H2,11,12,13,14). The number of imide groups is 1. The molecule has 7 heteroatoms. The summed E-state index contributed by atoms with van der Waals surface area (Å²) in [4.78, 5) is 22.7. The van der Waals surface area contributed by atoms with E-state index in [1.807, 2.05) is 0 Å². The second-order valence-corrected chi connectivity index (χ2v) is 4.64. The van der Waals surface area contributed by atoms with Crippen LogP contribution in [-0.4, -0.2) is 17.8 Å². The molecule has 0 atom stereocenters. The molecule has 0 aliphatic heterocycles. The van der Waals surface area contributed by atoms with Gasteiger partial charge in [0.15, 0.2) is 0 Å². The average Bonchev–Trinajstić information content (AvgIpc) is 2.61. The van der Waals surface area contributed by atoms with Crippen LogP contribution < -0.4 is 10.6 Å². The molecule has 0 aliphatic rings. The smallest absolute Gasteiger partial charge is 0.321 e. The number of nitrogens with one attached hydrogen (secondary N) is 2. The van der Waals surface area contributed by atoms with Gasteiger partial charge in [-0.3, -0.25) is 10.1 Å². The SMILES string of the molecule is O=C(CCl)NC(=O)NCc1ccc(Cl)s1. The lowest BCUT2D eigenvalue weighted by atomic mass is 10.5. The second-order valence-electron chi connectivity index (χ2n) is 2.57. The first-order valence-corrected chi connectivity index (χ1v) is 5.72. The van der Waals surface area contributed by atoms with Crippen molar-refractivity contribution in [3.63, 3.8) is 0 Å². The Balaban J connectivity index is 2.31. The van der Waals surface area contributed by atoms with E-state index in [-0.39, 0.29) is 5.88 Å². The Morgan fingerprint density at radius 2 is 2.13 bits per heavy atom. The number of amides is 3. The van der Waals surface area contributed by atoms with E-state index in [1.165, 1.54) is 11.3 Å². The van der Waals surface area contributed by atoms with Gasteiger partial charge in [-0.2, -0.15) is 0 Å². The van der Waals surface area contributed by atoms with Crippen molar-refractivity contribution < 1.29 is 9.59 Å². The summed E-state index contributed by atoms with van der Waals surface area (Å²) in [6.07, 6.45) is 0. The van der Waals surface area contributed by atoms with E-state index >= 15 is 0 Å². The van der Waals surface area contributed by atoms with Crippen molar-refractivity contribution in [1.82, 2.24) is 10.6 Å². The molecule has 2 N–H and O–H groups in total. The number of thiophene rings is 1. The molecule has 0 unspecified atom stereocenters. The van der Waals surface area contributed by atoms with E-state index in [2.05, 4.69) is 10.6 Å². The van der Waals surface area contributed by atoms with Gasteiger partial charge >= 0.3 is 6.03 Å². The molecule has 0 radical (unpaired) electrons. The van der Waals surface area contributed by atoms with E-state index in [9.17, 15) is 9.59 Å². The van der Waals surface area contributed by atoms with Crippen molar-refractivity contribution >= 4 is 46.5 Å². The van der Waals surface area contributed by atoms with Crippen molar-refractivity contribution in [2.75, 3.05) is 5.88 Å². The minimum atomic E-state index is -0.565. The highest BCUT2D eigenvalue weighted by Crippen LogP contribution is 2.20. The number of hydrogen-bond donors (Lipinski definition) is 2. The summed E-state index contributed by atoms with van der Waals surface area (Å²) in [5.74, 6) is -0.767. The molecule has 15 heavy (non-hydrogen) atoms. The second kappa shape index (κ2) is 5.95. The third-order valence-electron chi connectivity index (χ3n) is 1.43. The average molecular weight is 267 g/mol. The monoisotopic (exact) mass is 266 g/mol. The zero-order valence-corrected chi connectivity index (χ0v) is 9.88. The van der Waals surface area contributed by atoms with Gasteiger partial charge in [-0.05, 0) is 12.1 Å². The molecule has 1 aromatic heterocycles. The number of rotatable bonds is 3. The minimum Gasteiger partial charge on any atom is -0.333 e. The van der Waals surface area contributed by atoms with Crippen LogP contribution in [0.4, 0.5) is 4.79 Å². The van der Waals surface area contributed by atoms with Crippen LogP contribution in [-0.2, 0) is 11.3 Å². The summed E-state index contributed by atoms with van der Waals surface area (Å²) in [5, 5.41) is 4.56. The summed E-state index contributed by atoms with van der Waals surface area (Å²) >= 11 is 12.3. The Hall–Kier alpha value is -0.780. The van der Waals surface area contributed by atoms with Crippen LogP contribution in [0.15, 0.2) is 12.1 Å². The molecule has 0 aromatic carbocycles. The van der Waals surface area contributed by atoms with Gasteiger partial charge in [-0.1, -0.05) is 11.6 Å². The third kappa shape index (κ3) is 4.51. The molecule has 0 saturated heterocycles. The van der Waals surface area contributed by atoms with Gasteiger partial charge in [-0.15, -0.1) is 22.9 Å². The topological polar surface area (TPSA) is 58.2 Å². The van der Waals surface area contributed by atoms with Crippen LogP contribution in [0.1, 0.15) is 4.88 Å². The highest BCUT2D eigenvalue weighted by Gasteiger charge is 2.06. The Bertz CT molecular complexity index is 367. The van der Waals surface area contributed by atoms with Gasteiger partial charge in [0.25, 0.3) is 0 Å². The number of urea groups is 1. The van der Waals surface area contributed by atoms with E-state index in [0.29, 0.717) is 10.9 Å². The molecule has 1 heterocycles. The van der Waals surface area contributed by atoms with Gasteiger partial charge in [0.05, 0.1) is 10.9 Å². The predicted octanol–water partition coefficient (Wildman–Crippen LogP) is 1.97. The minimum absolute atomic E-state index is 0.238. The Morgan fingerprint density at radius 1 is 1.40 bits per heavy atom. The van der Waals surface area contributed by atoms with Crippen molar-refractivity contribution in [3.05, 3.63) is 21.3 Å². The summed E-state index contributed by atoms with van der Waals surface area (Å²) in [7, 11) is 0. The maximum Gasteiger partial charge on any atom is 0.321 e. The molecule has 1 rings (SSSR count). The first kappa shape index (κ1) is 12.3. The lowest BCUT2D eigenvalue weighted by molar-refractivity contribution is -0.117. The van der Waals surface area contributed by atoms with Crippen molar-refractivity contribution in [2.45, 2.75) is 6.54 Å². The van der Waals surface area contributed by atoms with Crippen molar-refractivity contribution in [2.24, 2.45) is 0 Å². The van der Waals surface area contributed by atoms with Gasteiger partial charge in [-0.25, -0.2) is 4.79 Å². The summed E-state index contributed by atoms with van der Waals surface area (Å²) in [6.45, 7) is 0.332. The first-order valence-electron chi connectivity index (χ1n) is 3.99. The van der Waals surface area contributed by atoms with Gasteiger partial charge in [0.2, 0.25) is 5.91 Å². The maximum atomic E-state index is 11.1. The lowest BCUT2D eigenvalue weighted by Crippen LogP contribution is -2.39. The molecule has 0 fully saturated rings. The van der Waals surface area contributed by atoms with Crippen molar-refractivity contribution in [3.8, 4) is 0 Å². The number of carbonyl (C=O) groups excluding carboxylic acids is 2. The maximum absolute atomic E-state index is 11.1. The van der Waals surface area contributed by atoms with Crippen LogP contribution in [0.5, 0.6) is 0 Å². The summed E-state index contributed by atoms with van der Waals surface area (Å²) in [5.41, 5.74) is 0. The van der Waals surface area contributed by atoms with Crippen LogP contribution in [0.3, 0.4) is 0 Å². The van der Waals surface area contributed by atoms with Gasteiger partial charge < -0.3 is 5.32 Å². The fourth-order valence-corrected chi connectivity index (χ4v) is 1.91. The molecule has 82 valence electrons. The first-order chi connectivity index (χ1) is 7.11. The van der Waals surface area contributed by atoms with E-state index in [4.69, 9.17) is 23.2 Å². The van der Waals surface area contributed by atoms with Crippen molar-refractivity contribution in [1.29, 1.82) is 0 Å². The zero-order valence-electron chi connectivity index (χ0n) is 7.55. The Kier molecular flexibility index (Phi) is 4.87. The fraction of sp³-hybridized carbons (Fsp3) is 0.250. The summed E-state index contributed by atoms with van der Waals surface area (Å²) in [6, 6.07) is 2.98. The molecule has 0 saturated carbocycles. The van der Waals surface area contributed by atoms with Gasteiger partial charge in [0, 0.05) is 4.88 Å². The van der Waals surface area contributed by atoms with E-state index in [1.54, 1.807) is 12.1 Å². The van der Waals surface area contributed by atoms with E-state index < -0.39 is 11.9 Å². The molecule has 4 nitrogen and oxygen atoms in total. The Labute approximate surface area is 101 Å². The fourth-order valence-electron chi connectivity index (χ4n) is 0.818. The highest BCUT2D eigenvalue weighted by molar-refractivity contribution is 7.16. The predicted molar refractivity (Wildman–Crippen MR) is 60.4 cm³/mol. The number of halogens is 2. The van der Waals surface area contributed by atoms with Crippen LogP contribution >= 0.6 is 34.5 Å². The number of hydrogen-bond acceptors (Lipinski definition) is 3. The Morgan fingerprint density at radius 3 is 2.67 bits per heavy atom. The van der Waals surface area contributed by atoms with Crippen LogP contribution in [0, 0.1) is 0 Å². The lowest BCUT2D eigenvalue weighted by Gasteiger charge is -2.03. The summed E-state index contributed by atoms with van der Waals surface area (Å²) < 4.78 is 0.657. The third-order valence-corrected chi connectivity index (χ3v) is 2.90. The number of carbonyl (C=O) groups is 2. The molecule has 0 spiro atoms. The molecule has 3 amide bonds. The van der Waals surface area contributed by atoms with Crippen LogP contribution in [0.2, 0.25) is 4.34 Å². The highest BCUT2D eigenvalue weighted by atomic mass is 35.5. The molecular formula is C8H8Cl2N2O2S. The van der Waals surface area contributed by atoms with Gasteiger partial charge in [0.1, 0.15) is 5.88 Å². The largest absolute Gasteiger partial charge is 0.333 e. The zero-order chi connectivity index (χ0) is 11.3. The quantitative estimate of drug-likeness (QED) is 0.822. The molecule has 0 bridgehead atoms.